The number of nitrogens with one attached hydrogen (secondary N) is 2. The molecule has 4 nitrogen and oxygen atoms in total. The Balaban J connectivity index is 1.49. The number of rotatable bonds is 8. The lowest BCUT2D eigenvalue weighted by Gasteiger charge is -2.19. The third-order valence-electron chi connectivity index (χ3n) is 5.46. The number of hydrogen-bond donors (Lipinski definition) is 3. The van der Waals surface area contributed by atoms with Gasteiger partial charge in [-0.3, -0.25) is 4.79 Å². The monoisotopic (exact) mass is 367 g/mol. The number of nitrogens with two attached hydrogens (primary N) is 1. The number of carbonyl (C=O) groups excluding carboxylic acids is 1. The first-order valence-electron chi connectivity index (χ1n) is 10.2. The smallest absolute Gasteiger partial charge is 0.279 e. The first kappa shape index (κ1) is 19.6. The SMILES string of the molecule is CC(C)[C@@H]([NH2+]CC(=O)Nc1ccc(C[NH+]2CCCC2)cc1)c1ccccc1. The van der Waals surface area contributed by atoms with Crippen molar-refractivity contribution in [1.82, 2.24) is 0 Å². The van der Waals surface area contributed by atoms with Crippen molar-refractivity contribution in [3.05, 3.63) is 65.7 Å². The molecule has 0 unspecified atom stereocenters. The van der Waals surface area contributed by atoms with Crippen LogP contribution in [0.3, 0.4) is 0 Å². The number of carbonyl (C=O) groups is 1. The van der Waals surface area contributed by atoms with Gasteiger partial charge in [-0.2, -0.15) is 0 Å². The normalized spacial score (nSPS) is 15.8. The Kier molecular flexibility index (Phi) is 7.02. The van der Waals surface area contributed by atoms with Crippen LogP contribution in [0.4, 0.5) is 5.69 Å². The van der Waals surface area contributed by atoms with Gasteiger partial charge < -0.3 is 15.5 Å². The number of likely N-dealkylation sites (tertiary alicyclic amines) is 1. The van der Waals surface area contributed by atoms with E-state index in [9.17, 15) is 4.79 Å². The highest BCUT2D eigenvalue weighted by atomic mass is 16.1. The third-order valence-corrected chi connectivity index (χ3v) is 5.46. The summed E-state index contributed by atoms with van der Waals surface area (Å²) in [5.74, 6) is 0.516. The van der Waals surface area contributed by atoms with Gasteiger partial charge in [0.1, 0.15) is 12.6 Å². The number of quaternary nitrogens is 2. The molecule has 144 valence electrons. The van der Waals surface area contributed by atoms with Crippen molar-refractivity contribution in [2.24, 2.45) is 5.92 Å². The average Bonchev–Trinajstić information content (AvgIpc) is 3.17. The number of anilines is 1. The highest BCUT2D eigenvalue weighted by molar-refractivity contribution is 5.91. The first-order chi connectivity index (χ1) is 13.1. The molecule has 2 aromatic rings. The van der Waals surface area contributed by atoms with E-state index in [1.165, 1.54) is 37.1 Å². The molecule has 2 aromatic carbocycles. The van der Waals surface area contributed by atoms with Crippen molar-refractivity contribution in [3.63, 3.8) is 0 Å². The van der Waals surface area contributed by atoms with Crippen LogP contribution in [0.25, 0.3) is 0 Å². The summed E-state index contributed by atoms with van der Waals surface area (Å²) in [6.07, 6.45) is 2.70. The van der Waals surface area contributed by atoms with Gasteiger partial charge in [0.2, 0.25) is 0 Å². The van der Waals surface area contributed by atoms with Crippen LogP contribution in [0.15, 0.2) is 54.6 Å². The summed E-state index contributed by atoms with van der Waals surface area (Å²) < 4.78 is 0. The van der Waals surface area contributed by atoms with Crippen molar-refractivity contribution in [3.8, 4) is 0 Å². The van der Waals surface area contributed by atoms with Gasteiger partial charge >= 0.3 is 0 Å². The molecular weight excluding hydrogens is 334 g/mol. The molecule has 3 rings (SSSR count). The zero-order valence-corrected chi connectivity index (χ0v) is 16.6. The first-order valence-corrected chi connectivity index (χ1v) is 10.2. The summed E-state index contributed by atoms with van der Waals surface area (Å²) in [5.41, 5.74) is 3.50. The quantitative estimate of drug-likeness (QED) is 0.654. The molecule has 1 aliphatic rings. The molecule has 1 saturated heterocycles. The van der Waals surface area contributed by atoms with Gasteiger partial charge in [-0.25, -0.2) is 0 Å². The standard InChI is InChI=1S/C23H31N3O/c1-18(2)23(20-8-4-3-5-9-20)24-16-22(27)25-21-12-10-19(11-13-21)17-26-14-6-7-15-26/h3-5,8-13,18,23-24H,6-7,14-17H2,1-2H3,(H,25,27)/p+2/t23-/m1/s1. The Morgan fingerprint density at radius 2 is 1.70 bits per heavy atom. The number of benzene rings is 2. The fourth-order valence-electron chi connectivity index (χ4n) is 3.96. The predicted octanol–water partition coefficient (Wildman–Crippen LogP) is 1.76. The summed E-state index contributed by atoms with van der Waals surface area (Å²) in [4.78, 5) is 14.1. The second-order valence-electron chi connectivity index (χ2n) is 8.00. The minimum Gasteiger partial charge on any atom is -0.332 e. The van der Waals surface area contributed by atoms with E-state index in [0.717, 1.165) is 12.2 Å². The molecule has 1 fully saturated rings. The molecule has 0 saturated carbocycles. The van der Waals surface area contributed by atoms with Gasteiger partial charge in [0.15, 0.2) is 6.54 Å². The lowest BCUT2D eigenvalue weighted by Crippen LogP contribution is -3.08. The van der Waals surface area contributed by atoms with Gasteiger partial charge in [-0.05, 0) is 12.1 Å². The molecule has 0 aromatic heterocycles. The third kappa shape index (κ3) is 5.91. The zero-order chi connectivity index (χ0) is 19.1. The van der Waals surface area contributed by atoms with Crippen LogP contribution in [0, 0.1) is 5.92 Å². The van der Waals surface area contributed by atoms with E-state index in [-0.39, 0.29) is 5.91 Å². The molecule has 1 amide bonds. The van der Waals surface area contributed by atoms with E-state index < -0.39 is 0 Å². The van der Waals surface area contributed by atoms with Gasteiger partial charge in [-0.1, -0.05) is 56.3 Å². The maximum atomic E-state index is 12.4. The molecule has 4 N–H and O–H groups in total. The van der Waals surface area contributed by atoms with Gasteiger partial charge in [0, 0.05) is 35.6 Å². The summed E-state index contributed by atoms with van der Waals surface area (Å²) in [7, 11) is 0. The molecule has 0 bridgehead atoms. The molecule has 1 heterocycles. The zero-order valence-electron chi connectivity index (χ0n) is 16.6. The Morgan fingerprint density at radius 3 is 2.33 bits per heavy atom. The van der Waals surface area contributed by atoms with Crippen molar-refractivity contribution >= 4 is 11.6 Å². The number of amides is 1. The Labute approximate surface area is 163 Å². The van der Waals surface area contributed by atoms with E-state index in [0.29, 0.717) is 18.5 Å². The van der Waals surface area contributed by atoms with Crippen LogP contribution >= 0.6 is 0 Å². The Hall–Kier alpha value is -2.17. The minimum atomic E-state index is 0.0505. The molecule has 0 aliphatic carbocycles. The van der Waals surface area contributed by atoms with Crippen LogP contribution < -0.4 is 15.5 Å². The van der Waals surface area contributed by atoms with E-state index in [1.54, 1.807) is 4.90 Å². The fourth-order valence-corrected chi connectivity index (χ4v) is 3.96. The molecular formula is C23H33N3O+2. The molecule has 1 atom stereocenters. The lowest BCUT2D eigenvalue weighted by atomic mass is 9.96. The highest BCUT2D eigenvalue weighted by Gasteiger charge is 2.20. The van der Waals surface area contributed by atoms with Crippen LogP contribution in [0.1, 0.15) is 43.9 Å². The summed E-state index contributed by atoms with van der Waals surface area (Å²) >= 11 is 0. The topological polar surface area (TPSA) is 50.1 Å². The van der Waals surface area contributed by atoms with Crippen LogP contribution in [0.5, 0.6) is 0 Å². The lowest BCUT2D eigenvalue weighted by molar-refractivity contribution is -0.901. The van der Waals surface area contributed by atoms with E-state index >= 15 is 0 Å². The Bertz CT molecular complexity index is 706. The molecule has 0 radical (unpaired) electrons. The van der Waals surface area contributed by atoms with Gasteiger partial charge in [0.05, 0.1) is 13.1 Å². The van der Waals surface area contributed by atoms with Crippen molar-refractivity contribution < 1.29 is 15.0 Å². The van der Waals surface area contributed by atoms with Crippen molar-refractivity contribution in [1.29, 1.82) is 0 Å². The van der Waals surface area contributed by atoms with Crippen molar-refractivity contribution in [2.75, 3.05) is 25.0 Å². The predicted molar refractivity (Wildman–Crippen MR) is 110 cm³/mol. The fraction of sp³-hybridized carbons (Fsp3) is 0.435. The second-order valence-corrected chi connectivity index (χ2v) is 8.00. The second kappa shape index (κ2) is 9.67. The van der Waals surface area contributed by atoms with E-state index in [1.807, 2.05) is 18.2 Å². The molecule has 1 aliphatic heterocycles. The maximum absolute atomic E-state index is 12.4. The number of hydrogen-bond acceptors (Lipinski definition) is 1. The van der Waals surface area contributed by atoms with Crippen LogP contribution in [-0.2, 0) is 11.3 Å². The molecule has 4 heteroatoms. The minimum absolute atomic E-state index is 0.0505. The molecule has 27 heavy (non-hydrogen) atoms. The maximum Gasteiger partial charge on any atom is 0.279 e. The Morgan fingerprint density at radius 1 is 1.04 bits per heavy atom. The van der Waals surface area contributed by atoms with Crippen LogP contribution in [0.2, 0.25) is 0 Å². The van der Waals surface area contributed by atoms with Crippen LogP contribution in [-0.4, -0.2) is 25.5 Å². The average molecular weight is 368 g/mol. The van der Waals surface area contributed by atoms with E-state index in [4.69, 9.17) is 0 Å². The summed E-state index contributed by atoms with van der Waals surface area (Å²) in [6, 6.07) is 19.1. The summed E-state index contributed by atoms with van der Waals surface area (Å²) in [6.45, 7) is 8.49. The molecule has 0 spiro atoms. The largest absolute Gasteiger partial charge is 0.332 e. The highest BCUT2D eigenvalue weighted by Crippen LogP contribution is 2.16. The van der Waals surface area contributed by atoms with E-state index in [2.05, 4.69) is 60.9 Å². The van der Waals surface area contributed by atoms with Gasteiger partial charge in [-0.15, -0.1) is 0 Å². The van der Waals surface area contributed by atoms with Crippen molar-refractivity contribution in [2.45, 2.75) is 39.3 Å². The summed E-state index contributed by atoms with van der Waals surface area (Å²) in [5, 5.41) is 5.17. The van der Waals surface area contributed by atoms with Gasteiger partial charge in [0.25, 0.3) is 5.91 Å².